The first kappa shape index (κ1) is 16.1. The molecule has 3 aliphatic rings. The third-order valence-corrected chi connectivity index (χ3v) is 5.58. The Hall–Kier alpha value is -2.43. The van der Waals surface area contributed by atoms with Crippen molar-refractivity contribution in [3.05, 3.63) is 42.0 Å². The lowest BCUT2D eigenvalue weighted by Crippen LogP contribution is -2.28. The Morgan fingerprint density at radius 3 is 2.48 bits per heavy atom. The van der Waals surface area contributed by atoms with E-state index in [1.807, 2.05) is 31.2 Å². The summed E-state index contributed by atoms with van der Waals surface area (Å²) in [5, 5.41) is 5.30. The maximum atomic E-state index is 12.6. The average Bonchev–Trinajstić information content (AvgIpc) is 3.29. The first-order valence-corrected chi connectivity index (χ1v) is 8.96. The van der Waals surface area contributed by atoms with Gasteiger partial charge in [0.2, 0.25) is 0 Å². The highest BCUT2D eigenvalue weighted by molar-refractivity contribution is 6.06. The molecule has 130 valence electrons. The van der Waals surface area contributed by atoms with Crippen molar-refractivity contribution in [2.45, 2.75) is 32.8 Å². The van der Waals surface area contributed by atoms with Crippen LogP contribution in [0.4, 0.5) is 0 Å². The minimum atomic E-state index is -0.216. The first-order chi connectivity index (χ1) is 12.1. The van der Waals surface area contributed by atoms with Gasteiger partial charge < -0.3 is 4.74 Å². The molecule has 0 spiro atoms. The number of nitrogens with zero attached hydrogens (tertiary/aromatic N) is 2. The number of carbonyl (C=O) groups is 2. The summed E-state index contributed by atoms with van der Waals surface area (Å²) in [4.78, 5) is 25.3. The fraction of sp³-hybridized carbons (Fsp3) is 0.450. The van der Waals surface area contributed by atoms with Crippen molar-refractivity contribution >= 4 is 18.0 Å². The summed E-state index contributed by atoms with van der Waals surface area (Å²) in [5.41, 5.74) is 0.765. The van der Waals surface area contributed by atoms with Gasteiger partial charge in [-0.25, -0.2) is 0 Å². The van der Waals surface area contributed by atoms with Crippen molar-refractivity contribution in [1.82, 2.24) is 5.01 Å². The molecule has 1 aromatic rings. The number of amides is 2. The largest absolute Gasteiger partial charge is 0.490 e. The zero-order valence-electron chi connectivity index (χ0n) is 14.5. The molecule has 2 aliphatic carbocycles. The maximum absolute atomic E-state index is 12.6. The normalized spacial score (nSPS) is 31.2. The molecule has 0 aromatic heterocycles. The van der Waals surface area contributed by atoms with Crippen molar-refractivity contribution in [3.63, 3.8) is 0 Å². The molecule has 1 aliphatic heterocycles. The van der Waals surface area contributed by atoms with Crippen LogP contribution in [0.25, 0.3) is 0 Å². The lowest BCUT2D eigenvalue weighted by atomic mass is 9.85. The van der Waals surface area contributed by atoms with Crippen LogP contribution >= 0.6 is 0 Å². The molecule has 25 heavy (non-hydrogen) atoms. The Bertz CT molecular complexity index is 740. The molecule has 1 saturated heterocycles. The van der Waals surface area contributed by atoms with Crippen LogP contribution in [0.3, 0.4) is 0 Å². The molecule has 0 radical (unpaired) electrons. The van der Waals surface area contributed by atoms with Crippen molar-refractivity contribution in [2.24, 2.45) is 28.8 Å². The van der Waals surface area contributed by atoms with Gasteiger partial charge in [-0.1, -0.05) is 31.2 Å². The zero-order chi connectivity index (χ0) is 17.6. The number of hydrazone groups is 1. The summed E-state index contributed by atoms with van der Waals surface area (Å²) < 4.78 is 5.89. The van der Waals surface area contributed by atoms with Gasteiger partial charge in [-0.05, 0) is 43.7 Å². The molecule has 5 nitrogen and oxygen atoms in total. The molecule has 2 amide bonds. The second-order valence-corrected chi connectivity index (χ2v) is 7.11. The molecule has 0 N–H and O–H groups in total. The number of hydrogen-bond donors (Lipinski definition) is 0. The molecular weight excluding hydrogens is 316 g/mol. The minimum Gasteiger partial charge on any atom is -0.490 e. The van der Waals surface area contributed by atoms with Crippen LogP contribution in [-0.2, 0) is 9.59 Å². The zero-order valence-corrected chi connectivity index (χ0v) is 14.5. The molecule has 2 bridgehead atoms. The van der Waals surface area contributed by atoms with Gasteiger partial charge in [-0.15, -0.1) is 0 Å². The van der Waals surface area contributed by atoms with E-state index in [0.717, 1.165) is 23.4 Å². The summed E-state index contributed by atoms with van der Waals surface area (Å²) in [7, 11) is 0. The molecule has 2 fully saturated rings. The number of allylic oxidation sites excluding steroid dienone is 2. The predicted octanol–water partition coefficient (Wildman–Crippen LogP) is 3.00. The Morgan fingerprint density at radius 1 is 1.20 bits per heavy atom. The molecule has 1 aromatic carbocycles. The first-order valence-electron chi connectivity index (χ1n) is 8.96. The average molecular weight is 338 g/mol. The van der Waals surface area contributed by atoms with Gasteiger partial charge in [0.25, 0.3) is 11.8 Å². The van der Waals surface area contributed by atoms with E-state index in [9.17, 15) is 9.59 Å². The third-order valence-electron chi connectivity index (χ3n) is 5.58. The lowest BCUT2D eigenvalue weighted by Gasteiger charge is -2.15. The van der Waals surface area contributed by atoms with Gasteiger partial charge in [-0.3, -0.25) is 9.59 Å². The van der Waals surface area contributed by atoms with E-state index in [1.165, 1.54) is 0 Å². The Labute approximate surface area is 147 Å². The SMILES string of the molecule is CC[C@H](C)Oc1ccccc1C=NN1C(=O)[C@@H]2[C@H](C1=O)[C@H]1C=C[C@H]2C1. The number of benzene rings is 1. The fourth-order valence-corrected chi connectivity index (χ4v) is 4.11. The predicted molar refractivity (Wildman–Crippen MR) is 94.0 cm³/mol. The van der Waals surface area contributed by atoms with Gasteiger partial charge in [0.15, 0.2) is 0 Å². The van der Waals surface area contributed by atoms with Crippen molar-refractivity contribution in [2.75, 3.05) is 0 Å². The maximum Gasteiger partial charge on any atom is 0.254 e. The highest BCUT2D eigenvalue weighted by atomic mass is 16.5. The summed E-state index contributed by atoms with van der Waals surface area (Å²) in [5.74, 6) is 0.353. The minimum absolute atomic E-state index is 0.0886. The second kappa shape index (κ2) is 6.14. The molecule has 5 heteroatoms. The molecule has 1 heterocycles. The van der Waals surface area contributed by atoms with E-state index in [-0.39, 0.29) is 41.6 Å². The van der Waals surface area contributed by atoms with Gasteiger partial charge >= 0.3 is 0 Å². The summed E-state index contributed by atoms with van der Waals surface area (Å²) in [6.07, 6.45) is 7.64. The number of ether oxygens (including phenoxy) is 1. The van der Waals surface area contributed by atoms with E-state index in [0.29, 0.717) is 5.75 Å². The summed E-state index contributed by atoms with van der Waals surface area (Å²) in [6.45, 7) is 4.06. The van der Waals surface area contributed by atoms with Crippen LogP contribution in [0.5, 0.6) is 5.75 Å². The lowest BCUT2D eigenvalue weighted by molar-refractivity contribution is -0.140. The van der Waals surface area contributed by atoms with Crippen molar-refractivity contribution < 1.29 is 14.3 Å². The van der Waals surface area contributed by atoms with E-state index in [2.05, 4.69) is 24.2 Å². The van der Waals surface area contributed by atoms with Crippen LogP contribution in [0.1, 0.15) is 32.3 Å². The van der Waals surface area contributed by atoms with Crippen LogP contribution in [0.2, 0.25) is 0 Å². The molecule has 4 rings (SSSR count). The third kappa shape index (κ3) is 2.58. The van der Waals surface area contributed by atoms with Crippen LogP contribution < -0.4 is 4.74 Å². The second-order valence-electron chi connectivity index (χ2n) is 7.11. The number of carbonyl (C=O) groups excluding carboxylic acids is 2. The summed E-state index contributed by atoms with van der Waals surface area (Å²) >= 11 is 0. The molecular formula is C20H22N2O3. The van der Waals surface area contributed by atoms with Crippen LogP contribution in [0.15, 0.2) is 41.5 Å². The van der Waals surface area contributed by atoms with Crippen LogP contribution in [-0.4, -0.2) is 29.1 Å². The quantitative estimate of drug-likeness (QED) is 0.471. The number of rotatable bonds is 5. The Kier molecular flexibility index (Phi) is 3.94. The molecule has 0 unspecified atom stereocenters. The highest BCUT2D eigenvalue weighted by Crippen LogP contribution is 2.52. The Morgan fingerprint density at radius 2 is 1.84 bits per heavy atom. The van der Waals surface area contributed by atoms with Gasteiger partial charge in [0.1, 0.15) is 5.75 Å². The van der Waals surface area contributed by atoms with E-state index < -0.39 is 0 Å². The number of imide groups is 1. The topological polar surface area (TPSA) is 59.0 Å². The molecule has 5 atom stereocenters. The summed E-state index contributed by atoms with van der Waals surface area (Å²) in [6, 6.07) is 7.53. The number of hydrogen-bond acceptors (Lipinski definition) is 4. The smallest absolute Gasteiger partial charge is 0.254 e. The molecule has 1 saturated carbocycles. The Balaban J connectivity index is 1.55. The van der Waals surface area contributed by atoms with Gasteiger partial charge in [-0.2, -0.15) is 10.1 Å². The van der Waals surface area contributed by atoms with Crippen LogP contribution in [0, 0.1) is 23.7 Å². The number of fused-ring (bicyclic) bond motifs is 5. The van der Waals surface area contributed by atoms with E-state index in [1.54, 1.807) is 6.21 Å². The number of para-hydroxylation sites is 1. The van der Waals surface area contributed by atoms with E-state index >= 15 is 0 Å². The van der Waals surface area contributed by atoms with Crippen molar-refractivity contribution in [3.8, 4) is 5.75 Å². The van der Waals surface area contributed by atoms with E-state index in [4.69, 9.17) is 4.74 Å². The monoisotopic (exact) mass is 338 g/mol. The standard InChI is InChI=1S/C20H22N2O3/c1-3-12(2)25-16-7-5-4-6-15(16)11-21-22-19(23)17-13-8-9-14(10-13)18(17)20(22)24/h4-9,11-14,17-18H,3,10H2,1-2H3/t12-,13-,14-,17-,18+/m0/s1. The highest BCUT2D eigenvalue weighted by Gasteiger charge is 2.59. The van der Waals surface area contributed by atoms with Gasteiger partial charge in [0.05, 0.1) is 24.2 Å². The van der Waals surface area contributed by atoms with Crippen molar-refractivity contribution in [1.29, 1.82) is 0 Å². The fourth-order valence-electron chi connectivity index (χ4n) is 4.11. The van der Waals surface area contributed by atoms with Gasteiger partial charge in [0, 0.05) is 5.56 Å².